The Bertz CT molecular complexity index is 217. The van der Waals surface area contributed by atoms with E-state index in [4.69, 9.17) is 5.73 Å². The van der Waals surface area contributed by atoms with E-state index in [-0.39, 0.29) is 11.8 Å². The molecule has 2 N–H and O–H groups in total. The molecule has 0 aromatic rings. The molecule has 1 heterocycles. The largest absolute Gasteiger partial charge is 0.339 e. The van der Waals surface area contributed by atoms with Crippen LogP contribution in [-0.2, 0) is 4.79 Å². The topological polar surface area (TPSA) is 46.3 Å². The fraction of sp³-hybridized carbons (Fsp3) is 0.900. The molecule has 2 bridgehead atoms. The molecule has 0 spiro atoms. The van der Waals surface area contributed by atoms with Crippen LogP contribution in [-0.4, -0.2) is 29.9 Å². The van der Waals surface area contributed by atoms with Crippen LogP contribution in [0.4, 0.5) is 0 Å². The fourth-order valence-corrected chi connectivity index (χ4v) is 2.58. The normalized spacial score (nSPS) is 33.8. The number of hydrogen-bond donors (Lipinski definition) is 1. The third kappa shape index (κ3) is 1.46. The summed E-state index contributed by atoms with van der Waals surface area (Å²) in [5.41, 5.74) is 5.49. The van der Waals surface area contributed by atoms with E-state index in [9.17, 15) is 4.79 Å². The van der Waals surface area contributed by atoms with Crippen molar-refractivity contribution in [1.82, 2.24) is 4.90 Å². The summed E-state index contributed by atoms with van der Waals surface area (Å²) in [7, 11) is 0. The fourth-order valence-electron chi connectivity index (χ4n) is 2.58. The number of rotatable bonds is 2. The summed E-state index contributed by atoms with van der Waals surface area (Å²) in [6.45, 7) is 3.40. The summed E-state index contributed by atoms with van der Waals surface area (Å²) in [5, 5.41) is 0. The van der Waals surface area contributed by atoms with Gasteiger partial charge in [-0.3, -0.25) is 4.79 Å². The maximum Gasteiger partial charge on any atom is 0.226 e. The van der Waals surface area contributed by atoms with Crippen LogP contribution in [0.5, 0.6) is 0 Å². The van der Waals surface area contributed by atoms with Gasteiger partial charge in [0.15, 0.2) is 0 Å². The predicted molar refractivity (Wildman–Crippen MR) is 51.1 cm³/mol. The van der Waals surface area contributed by atoms with E-state index in [2.05, 4.69) is 4.90 Å². The molecule has 0 radical (unpaired) electrons. The Kier molecular flexibility index (Phi) is 2.28. The Morgan fingerprint density at radius 2 is 2.38 bits per heavy atom. The van der Waals surface area contributed by atoms with Crippen LogP contribution >= 0.6 is 0 Å². The lowest BCUT2D eigenvalue weighted by Crippen LogP contribution is -2.42. The Morgan fingerprint density at radius 1 is 1.62 bits per heavy atom. The Labute approximate surface area is 79.3 Å². The molecule has 0 aromatic carbocycles. The van der Waals surface area contributed by atoms with Gasteiger partial charge < -0.3 is 10.6 Å². The van der Waals surface area contributed by atoms with Gasteiger partial charge in [0.25, 0.3) is 0 Å². The lowest BCUT2D eigenvalue weighted by atomic mass is 10.1. The van der Waals surface area contributed by atoms with E-state index < -0.39 is 0 Å². The van der Waals surface area contributed by atoms with Crippen molar-refractivity contribution in [2.45, 2.75) is 32.2 Å². The first-order valence-electron chi connectivity index (χ1n) is 5.23. The zero-order valence-corrected chi connectivity index (χ0v) is 8.20. The molecule has 1 aliphatic carbocycles. The van der Waals surface area contributed by atoms with Crippen LogP contribution in [0.3, 0.4) is 0 Å². The first-order valence-corrected chi connectivity index (χ1v) is 5.23. The Balaban J connectivity index is 1.98. The van der Waals surface area contributed by atoms with Gasteiger partial charge in [-0.25, -0.2) is 0 Å². The number of nitrogens with zero attached hydrogens (tertiary/aromatic N) is 1. The summed E-state index contributed by atoms with van der Waals surface area (Å²) in [6, 6.07) is 0.548. The van der Waals surface area contributed by atoms with Gasteiger partial charge in [0.2, 0.25) is 5.91 Å². The van der Waals surface area contributed by atoms with E-state index in [1.54, 1.807) is 0 Å². The van der Waals surface area contributed by atoms with Gasteiger partial charge >= 0.3 is 0 Å². The van der Waals surface area contributed by atoms with Crippen LogP contribution in [0.2, 0.25) is 0 Å². The number of nitrogens with two attached hydrogens (primary N) is 1. The standard InChI is InChI=1S/C10H18N2O/c1-7(5-11)10(13)12-6-8-2-3-9(12)4-8/h7-9H,2-6,11H2,1H3. The molecule has 1 aliphatic heterocycles. The summed E-state index contributed by atoms with van der Waals surface area (Å²) in [4.78, 5) is 13.9. The van der Waals surface area contributed by atoms with Crippen molar-refractivity contribution in [3.63, 3.8) is 0 Å². The molecule has 1 amide bonds. The quantitative estimate of drug-likeness (QED) is 0.679. The zero-order valence-electron chi connectivity index (χ0n) is 8.20. The van der Waals surface area contributed by atoms with Gasteiger partial charge in [0.05, 0.1) is 0 Å². The Hall–Kier alpha value is -0.570. The highest BCUT2D eigenvalue weighted by Crippen LogP contribution is 2.37. The predicted octanol–water partition coefficient (Wildman–Crippen LogP) is 0.592. The first kappa shape index (κ1) is 9.00. The monoisotopic (exact) mass is 182 g/mol. The molecule has 3 atom stereocenters. The maximum atomic E-state index is 11.8. The highest BCUT2D eigenvalue weighted by Gasteiger charge is 2.40. The molecule has 1 saturated heterocycles. The molecule has 1 saturated carbocycles. The van der Waals surface area contributed by atoms with Crippen molar-refractivity contribution in [3.05, 3.63) is 0 Å². The molecular weight excluding hydrogens is 164 g/mol. The highest BCUT2D eigenvalue weighted by atomic mass is 16.2. The van der Waals surface area contributed by atoms with Crippen molar-refractivity contribution in [2.24, 2.45) is 17.6 Å². The van der Waals surface area contributed by atoms with E-state index in [0.717, 1.165) is 12.5 Å². The molecular formula is C10H18N2O. The average molecular weight is 182 g/mol. The van der Waals surface area contributed by atoms with E-state index in [1.165, 1.54) is 19.3 Å². The molecule has 3 nitrogen and oxygen atoms in total. The van der Waals surface area contributed by atoms with Crippen LogP contribution in [0.1, 0.15) is 26.2 Å². The van der Waals surface area contributed by atoms with Gasteiger partial charge in [-0.05, 0) is 25.2 Å². The molecule has 3 unspecified atom stereocenters. The van der Waals surface area contributed by atoms with E-state index in [0.29, 0.717) is 12.6 Å². The lowest BCUT2D eigenvalue weighted by Gasteiger charge is -2.29. The number of carbonyl (C=O) groups excluding carboxylic acids is 1. The van der Waals surface area contributed by atoms with Crippen LogP contribution < -0.4 is 5.73 Å². The maximum absolute atomic E-state index is 11.8. The summed E-state index contributed by atoms with van der Waals surface area (Å²) < 4.78 is 0. The molecule has 0 aromatic heterocycles. The average Bonchev–Trinajstić information content (AvgIpc) is 2.76. The minimum atomic E-state index is 0.0133. The number of amides is 1. The molecule has 2 aliphatic rings. The molecule has 13 heavy (non-hydrogen) atoms. The van der Waals surface area contributed by atoms with Gasteiger partial charge in [-0.1, -0.05) is 6.92 Å². The van der Waals surface area contributed by atoms with Crippen molar-refractivity contribution in [3.8, 4) is 0 Å². The Morgan fingerprint density at radius 3 is 2.85 bits per heavy atom. The third-order valence-electron chi connectivity index (χ3n) is 3.47. The summed E-state index contributed by atoms with van der Waals surface area (Å²) >= 11 is 0. The van der Waals surface area contributed by atoms with Crippen LogP contribution in [0.15, 0.2) is 0 Å². The lowest BCUT2D eigenvalue weighted by molar-refractivity contribution is -0.136. The third-order valence-corrected chi connectivity index (χ3v) is 3.47. The van der Waals surface area contributed by atoms with Gasteiger partial charge in [-0.15, -0.1) is 0 Å². The minimum absolute atomic E-state index is 0.0133. The number of carbonyl (C=O) groups is 1. The number of piperidine rings is 1. The van der Waals surface area contributed by atoms with Crippen LogP contribution in [0, 0.1) is 11.8 Å². The van der Waals surface area contributed by atoms with Gasteiger partial charge in [-0.2, -0.15) is 0 Å². The zero-order chi connectivity index (χ0) is 9.42. The number of likely N-dealkylation sites (tertiary alicyclic amines) is 1. The highest BCUT2D eigenvalue weighted by molar-refractivity contribution is 5.79. The van der Waals surface area contributed by atoms with E-state index in [1.807, 2.05) is 6.92 Å². The number of fused-ring (bicyclic) bond motifs is 2. The molecule has 2 rings (SSSR count). The second-order valence-corrected chi connectivity index (χ2v) is 4.46. The van der Waals surface area contributed by atoms with Crippen molar-refractivity contribution in [2.75, 3.05) is 13.1 Å². The first-order chi connectivity index (χ1) is 6.22. The number of hydrogen-bond acceptors (Lipinski definition) is 2. The van der Waals surface area contributed by atoms with Crippen molar-refractivity contribution >= 4 is 5.91 Å². The summed E-state index contributed by atoms with van der Waals surface area (Å²) in [5.74, 6) is 1.08. The molecule has 2 fully saturated rings. The smallest absolute Gasteiger partial charge is 0.226 e. The molecule has 3 heteroatoms. The van der Waals surface area contributed by atoms with Crippen molar-refractivity contribution < 1.29 is 4.79 Å². The second kappa shape index (κ2) is 3.29. The van der Waals surface area contributed by atoms with Crippen molar-refractivity contribution in [1.29, 1.82) is 0 Å². The van der Waals surface area contributed by atoms with Crippen LogP contribution in [0.25, 0.3) is 0 Å². The minimum Gasteiger partial charge on any atom is -0.339 e. The van der Waals surface area contributed by atoms with Gasteiger partial charge in [0.1, 0.15) is 0 Å². The van der Waals surface area contributed by atoms with Gasteiger partial charge in [0, 0.05) is 25.0 Å². The second-order valence-electron chi connectivity index (χ2n) is 4.46. The summed E-state index contributed by atoms with van der Waals surface area (Å²) in [6.07, 6.45) is 3.78. The SMILES string of the molecule is CC(CN)C(=O)N1CC2CCC1C2. The van der Waals surface area contributed by atoms with E-state index >= 15 is 0 Å². The molecule has 74 valence electrons.